The van der Waals surface area contributed by atoms with Crippen LogP contribution in [-0.4, -0.2) is 104 Å². The van der Waals surface area contributed by atoms with Gasteiger partial charge in [-0.05, 0) is 97.7 Å². The quantitative estimate of drug-likeness (QED) is 0.103. The highest BCUT2D eigenvalue weighted by atomic mass is 35.5. The van der Waals surface area contributed by atoms with E-state index in [1.807, 2.05) is 42.7 Å². The Kier molecular flexibility index (Phi) is 13.4. The van der Waals surface area contributed by atoms with Gasteiger partial charge < -0.3 is 45.2 Å². The van der Waals surface area contributed by atoms with Gasteiger partial charge in [0, 0.05) is 67.3 Å². The molecule has 53 heavy (non-hydrogen) atoms. The van der Waals surface area contributed by atoms with E-state index < -0.39 is 31.0 Å². The smallest absolute Gasteiger partial charge is 0.222 e. The fourth-order valence-electron chi connectivity index (χ4n) is 7.33. The molecule has 0 bridgehead atoms. The molecule has 1 aromatic heterocycles. The Morgan fingerprint density at radius 1 is 1.02 bits per heavy atom. The third kappa shape index (κ3) is 9.95. The number of benzene rings is 2. The molecule has 1 aliphatic heterocycles. The van der Waals surface area contributed by atoms with Crippen LogP contribution in [0.3, 0.4) is 0 Å². The molecule has 3 aliphatic rings. The Labute approximate surface area is 316 Å². The highest BCUT2D eigenvalue weighted by Crippen LogP contribution is 2.50. The second-order valence-corrected chi connectivity index (χ2v) is 15.4. The second kappa shape index (κ2) is 18.0. The zero-order valence-corrected chi connectivity index (χ0v) is 31.2. The molecule has 1 saturated heterocycles. The van der Waals surface area contributed by atoms with Gasteiger partial charge in [0.15, 0.2) is 0 Å². The third-order valence-corrected chi connectivity index (χ3v) is 11.4. The van der Waals surface area contributed by atoms with Crippen molar-refractivity contribution in [1.29, 1.82) is 0 Å². The maximum Gasteiger partial charge on any atom is 0.222 e. The zero-order chi connectivity index (χ0) is 37.5. The average molecular weight is 752 g/mol. The van der Waals surface area contributed by atoms with Crippen molar-refractivity contribution in [1.82, 2.24) is 15.2 Å². The number of hydrogen-bond donors (Lipinski definition) is 6. The number of aromatic nitrogens is 1. The van der Waals surface area contributed by atoms with Gasteiger partial charge in [0.1, 0.15) is 30.2 Å². The van der Waals surface area contributed by atoms with Crippen LogP contribution in [0.5, 0.6) is 5.75 Å². The summed E-state index contributed by atoms with van der Waals surface area (Å²) in [5.41, 5.74) is 5.30. The van der Waals surface area contributed by atoms with Crippen molar-refractivity contribution in [2.75, 3.05) is 26.4 Å². The lowest BCUT2D eigenvalue weighted by molar-refractivity contribution is -0.145. The predicted molar refractivity (Wildman–Crippen MR) is 201 cm³/mol. The first kappa shape index (κ1) is 39.6. The molecule has 6 rings (SSSR count). The van der Waals surface area contributed by atoms with Crippen molar-refractivity contribution in [2.45, 2.75) is 119 Å². The molecule has 11 nitrogen and oxygen atoms in total. The highest BCUT2D eigenvalue weighted by Gasteiger charge is 2.46. The minimum absolute atomic E-state index is 0.153. The van der Waals surface area contributed by atoms with Crippen LogP contribution in [0.25, 0.3) is 11.1 Å². The minimum atomic E-state index is -1.75. The minimum Gasteiger partial charge on any atom is -0.490 e. The zero-order valence-electron chi connectivity index (χ0n) is 30.4. The number of ether oxygens (including phenoxy) is 2. The molecule has 1 unspecified atom stereocenters. The lowest BCUT2D eigenvalue weighted by Crippen LogP contribution is -2.53. The van der Waals surface area contributed by atoms with Gasteiger partial charge in [-0.3, -0.25) is 9.78 Å². The number of para-hydroxylation sites is 1. The topological polar surface area (TPSA) is 165 Å². The summed E-state index contributed by atoms with van der Waals surface area (Å²) < 4.78 is 11.8. The van der Waals surface area contributed by atoms with Crippen molar-refractivity contribution in [3.63, 3.8) is 0 Å². The summed E-state index contributed by atoms with van der Waals surface area (Å²) >= 11 is 6.75. The van der Waals surface area contributed by atoms with Gasteiger partial charge in [0.2, 0.25) is 5.91 Å². The van der Waals surface area contributed by atoms with Gasteiger partial charge in [0.05, 0.1) is 12.7 Å². The largest absolute Gasteiger partial charge is 0.490 e. The first-order valence-corrected chi connectivity index (χ1v) is 19.4. The fourth-order valence-corrected chi connectivity index (χ4v) is 7.51. The number of nitrogens with zero attached hydrogens (tertiary/aromatic N) is 2. The number of rotatable bonds is 19. The van der Waals surface area contributed by atoms with E-state index in [4.69, 9.17) is 26.2 Å². The molecule has 0 spiro atoms. The number of pyridine rings is 1. The third-order valence-electron chi connectivity index (χ3n) is 11.0. The Morgan fingerprint density at radius 2 is 1.75 bits per heavy atom. The molecule has 288 valence electrons. The predicted octanol–water partition coefficient (Wildman–Crippen LogP) is 4.44. The van der Waals surface area contributed by atoms with Crippen LogP contribution in [0.1, 0.15) is 87.3 Å². The Bertz CT molecular complexity index is 1660. The summed E-state index contributed by atoms with van der Waals surface area (Å²) in [6, 6.07) is 16.3. The number of amides is 1. The summed E-state index contributed by atoms with van der Waals surface area (Å²) in [6.07, 6.45) is 4.49. The summed E-state index contributed by atoms with van der Waals surface area (Å²) in [6.45, 7) is 2.72. The van der Waals surface area contributed by atoms with E-state index in [0.29, 0.717) is 50.1 Å². The molecular weight excluding hydrogens is 698 g/mol. The Morgan fingerprint density at radius 3 is 2.47 bits per heavy atom. The molecule has 2 aromatic carbocycles. The number of nitrogens with one attached hydrogen (secondary N) is 1. The molecule has 0 radical (unpaired) electrons. The first-order chi connectivity index (χ1) is 25.6. The number of aliphatic hydroxyl groups excluding tert-OH is 5. The van der Waals surface area contributed by atoms with E-state index in [-0.39, 0.29) is 36.4 Å². The van der Waals surface area contributed by atoms with E-state index in [2.05, 4.69) is 35.4 Å². The van der Waals surface area contributed by atoms with Crippen molar-refractivity contribution < 1.29 is 39.8 Å². The highest BCUT2D eigenvalue weighted by molar-refractivity contribution is 6.31. The van der Waals surface area contributed by atoms with Crippen LogP contribution < -0.4 is 10.1 Å². The van der Waals surface area contributed by atoms with Crippen LogP contribution in [-0.2, 0) is 21.6 Å². The number of carbonyl (C=O) groups is 1. The van der Waals surface area contributed by atoms with Gasteiger partial charge in [-0.25, -0.2) is 0 Å². The van der Waals surface area contributed by atoms with E-state index in [9.17, 15) is 25.2 Å². The second-order valence-electron chi connectivity index (χ2n) is 15.0. The maximum absolute atomic E-state index is 13.6. The normalized spacial score (nSPS) is 19.9. The van der Waals surface area contributed by atoms with Crippen molar-refractivity contribution in [3.05, 3.63) is 82.6 Å². The van der Waals surface area contributed by atoms with Crippen molar-refractivity contribution >= 4 is 17.5 Å². The molecular formula is C41H54ClN3O8. The van der Waals surface area contributed by atoms with Gasteiger partial charge >= 0.3 is 0 Å². The molecule has 2 aliphatic carbocycles. The molecule has 3 aromatic rings. The number of aliphatic hydroxyl groups is 5. The summed E-state index contributed by atoms with van der Waals surface area (Å²) in [7, 11) is 0. The van der Waals surface area contributed by atoms with E-state index in [1.54, 1.807) is 4.90 Å². The Balaban J connectivity index is 1.07. The molecule has 12 heteroatoms. The van der Waals surface area contributed by atoms with Gasteiger partial charge in [-0.15, -0.1) is 0 Å². The van der Waals surface area contributed by atoms with Crippen LogP contribution in [0.2, 0.25) is 5.02 Å². The van der Waals surface area contributed by atoms with Gasteiger partial charge in [-0.2, -0.15) is 0 Å². The SMILES string of the molecule is CC(CCCC(=O)N(C[C@@H](O)[C@H](O)[C@@H](O)[C@@H](O)CO)C1CCOCC1)c1ccc(Cl)c(CNC2(c3cnccc3-c3ccccc3OC3CC3)CC2)c1. The number of hydrogen-bond acceptors (Lipinski definition) is 10. The monoisotopic (exact) mass is 751 g/mol. The van der Waals surface area contributed by atoms with Crippen molar-refractivity contribution in [2.24, 2.45) is 0 Å². The average Bonchev–Trinajstić information content (AvgIpc) is 4.14. The van der Waals surface area contributed by atoms with Gasteiger partial charge in [-0.1, -0.05) is 48.9 Å². The molecule has 2 saturated carbocycles. The number of carbonyl (C=O) groups excluding carboxylic acids is 1. The summed E-state index contributed by atoms with van der Waals surface area (Å²) in [5, 5.41) is 54.7. The van der Waals surface area contributed by atoms with Crippen molar-refractivity contribution in [3.8, 4) is 16.9 Å². The van der Waals surface area contributed by atoms with Gasteiger partial charge in [0.25, 0.3) is 0 Å². The summed E-state index contributed by atoms with van der Waals surface area (Å²) in [5.74, 6) is 0.910. The standard InChI is InChI=1S/C41H54ClN3O8/c1-26(5-4-8-38(49)45(29-14-19-52-20-15-29)24-35(47)39(50)40(51)36(48)25-46)27-9-12-34(42)28(21-27)22-44-41(16-17-41)33-23-43-18-13-31(33)32-6-2-3-7-37(32)53-30-10-11-30/h2-3,6-7,9,12-13,18,21,23,26,29-30,35-36,39-40,44,46-48,50-51H,4-5,8,10-11,14-17,19-20,22,24-25H2,1H3/t26?,35-,36+,39+,40+/m1/s1. The molecule has 6 N–H and O–H groups in total. The number of halogens is 1. The lowest BCUT2D eigenvalue weighted by atomic mass is 9.93. The van der Waals surface area contributed by atoms with E-state index in [0.717, 1.165) is 65.7 Å². The molecule has 5 atom stereocenters. The van der Waals surface area contributed by atoms with Crippen LogP contribution in [0, 0.1) is 0 Å². The van der Waals surface area contributed by atoms with Crippen LogP contribution >= 0.6 is 11.6 Å². The van der Waals surface area contributed by atoms with Crippen LogP contribution in [0.4, 0.5) is 0 Å². The first-order valence-electron chi connectivity index (χ1n) is 19.0. The molecule has 2 heterocycles. The summed E-state index contributed by atoms with van der Waals surface area (Å²) in [4.78, 5) is 19.7. The maximum atomic E-state index is 13.6. The van der Waals surface area contributed by atoms with E-state index in [1.165, 1.54) is 0 Å². The van der Waals surface area contributed by atoms with Crippen LogP contribution in [0.15, 0.2) is 60.9 Å². The van der Waals surface area contributed by atoms with E-state index >= 15 is 0 Å². The Hall–Kier alpha value is -3.13. The fraction of sp³-hybridized carbons (Fsp3) is 0.561. The molecule has 1 amide bonds. The lowest BCUT2D eigenvalue weighted by Gasteiger charge is -2.37. The molecule has 3 fully saturated rings.